The van der Waals surface area contributed by atoms with E-state index in [1.807, 2.05) is 95.9 Å². The lowest BCUT2D eigenvalue weighted by Gasteiger charge is -2.34. The molecular formula is C27H28N2O4. The number of morpholine rings is 1. The number of ether oxygens (including phenoxy) is 2. The van der Waals surface area contributed by atoms with Crippen molar-refractivity contribution in [3.63, 3.8) is 0 Å². The molecule has 0 spiro atoms. The van der Waals surface area contributed by atoms with Gasteiger partial charge in [-0.25, -0.2) is 4.79 Å². The molecule has 0 radical (unpaired) electrons. The van der Waals surface area contributed by atoms with Crippen LogP contribution in [-0.2, 0) is 24.7 Å². The Morgan fingerprint density at radius 1 is 0.848 bits per heavy atom. The molecule has 1 aliphatic heterocycles. The second kappa shape index (κ2) is 10.8. The van der Waals surface area contributed by atoms with Gasteiger partial charge in [-0.3, -0.25) is 0 Å². The minimum absolute atomic E-state index is 0.146. The highest BCUT2D eigenvalue weighted by Gasteiger charge is 2.40. The van der Waals surface area contributed by atoms with E-state index in [1.165, 1.54) is 0 Å². The zero-order valence-electron chi connectivity index (χ0n) is 18.7. The van der Waals surface area contributed by atoms with E-state index in [0.717, 1.165) is 16.7 Å². The molecule has 3 aromatic carbocycles. The zero-order chi connectivity index (χ0) is 22.9. The van der Waals surface area contributed by atoms with Crippen molar-refractivity contribution in [2.24, 2.45) is 5.16 Å². The van der Waals surface area contributed by atoms with Crippen LogP contribution in [-0.4, -0.2) is 49.6 Å². The second-order valence-corrected chi connectivity index (χ2v) is 7.61. The van der Waals surface area contributed by atoms with Crippen LogP contribution in [0.15, 0.2) is 96.2 Å². The van der Waals surface area contributed by atoms with Gasteiger partial charge < -0.3 is 19.2 Å². The van der Waals surface area contributed by atoms with Gasteiger partial charge in [-0.15, -0.1) is 0 Å². The molecule has 0 bridgehead atoms. The highest BCUT2D eigenvalue weighted by Crippen LogP contribution is 2.40. The van der Waals surface area contributed by atoms with Gasteiger partial charge in [0.2, 0.25) is 5.60 Å². The SMILES string of the molecule is CCOC(=O)C(=NOC(c1ccccc1)(c1ccccc1)c1ccccc1)N1CCOCC1. The molecule has 0 unspecified atom stereocenters. The van der Waals surface area contributed by atoms with E-state index in [-0.39, 0.29) is 12.4 Å². The lowest BCUT2D eigenvalue weighted by Crippen LogP contribution is -2.45. The first-order chi connectivity index (χ1) is 16.3. The Morgan fingerprint density at radius 3 is 1.73 bits per heavy atom. The fourth-order valence-corrected chi connectivity index (χ4v) is 3.98. The number of esters is 1. The van der Waals surface area contributed by atoms with Crippen LogP contribution in [0.4, 0.5) is 0 Å². The van der Waals surface area contributed by atoms with E-state index in [9.17, 15) is 4.79 Å². The third-order valence-corrected chi connectivity index (χ3v) is 5.58. The van der Waals surface area contributed by atoms with E-state index in [2.05, 4.69) is 5.16 Å². The first-order valence-corrected chi connectivity index (χ1v) is 11.2. The summed E-state index contributed by atoms with van der Waals surface area (Å²) < 4.78 is 10.8. The van der Waals surface area contributed by atoms with Crippen LogP contribution in [0.1, 0.15) is 23.6 Å². The number of carbonyl (C=O) groups excluding carboxylic acids is 1. The van der Waals surface area contributed by atoms with Crippen LogP contribution < -0.4 is 0 Å². The van der Waals surface area contributed by atoms with Gasteiger partial charge in [0, 0.05) is 29.8 Å². The van der Waals surface area contributed by atoms with E-state index >= 15 is 0 Å². The Kier molecular flexibility index (Phi) is 7.37. The molecule has 1 saturated heterocycles. The average molecular weight is 445 g/mol. The van der Waals surface area contributed by atoms with Crippen molar-refractivity contribution in [1.29, 1.82) is 0 Å². The van der Waals surface area contributed by atoms with Crippen molar-refractivity contribution in [2.45, 2.75) is 12.5 Å². The fraction of sp³-hybridized carbons (Fsp3) is 0.259. The topological polar surface area (TPSA) is 60.4 Å². The molecule has 6 nitrogen and oxygen atoms in total. The molecule has 0 aliphatic carbocycles. The van der Waals surface area contributed by atoms with Gasteiger partial charge in [-0.2, -0.15) is 0 Å². The number of hydrogen-bond acceptors (Lipinski definition) is 5. The van der Waals surface area contributed by atoms with Crippen LogP contribution >= 0.6 is 0 Å². The lowest BCUT2D eigenvalue weighted by molar-refractivity contribution is -0.136. The van der Waals surface area contributed by atoms with Crippen LogP contribution in [0.2, 0.25) is 0 Å². The first-order valence-electron chi connectivity index (χ1n) is 11.2. The monoisotopic (exact) mass is 444 g/mol. The van der Waals surface area contributed by atoms with Crippen LogP contribution in [0.3, 0.4) is 0 Å². The van der Waals surface area contributed by atoms with E-state index < -0.39 is 11.6 Å². The lowest BCUT2D eigenvalue weighted by atomic mass is 9.80. The van der Waals surface area contributed by atoms with Crippen molar-refractivity contribution >= 4 is 11.8 Å². The van der Waals surface area contributed by atoms with Crippen molar-refractivity contribution in [3.05, 3.63) is 108 Å². The molecule has 1 aliphatic rings. The van der Waals surface area contributed by atoms with Gasteiger partial charge in [0.25, 0.3) is 5.84 Å². The largest absolute Gasteiger partial charge is 0.460 e. The number of nitrogens with zero attached hydrogens (tertiary/aromatic N) is 2. The number of benzene rings is 3. The molecule has 1 fully saturated rings. The maximum atomic E-state index is 12.9. The highest BCUT2D eigenvalue weighted by atomic mass is 16.7. The van der Waals surface area contributed by atoms with Crippen molar-refractivity contribution in [2.75, 3.05) is 32.9 Å². The van der Waals surface area contributed by atoms with Crippen molar-refractivity contribution in [3.8, 4) is 0 Å². The Bertz CT molecular complexity index is 953. The molecule has 3 aromatic rings. The summed E-state index contributed by atoms with van der Waals surface area (Å²) in [5, 5.41) is 4.48. The fourth-order valence-electron chi connectivity index (χ4n) is 3.98. The highest BCUT2D eigenvalue weighted by molar-refractivity contribution is 6.35. The molecule has 170 valence electrons. The molecular weight excluding hydrogens is 416 g/mol. The van der Waals surface area contributed by atoms with Crippen LogP contribution in [0.5, 0.6) is 0 Å². The number of amidine groups is 1. The van der Waals surface area contributed by atoms with Gasteiger partial charge in [-0.1, -0.05) is 96.2 Å². The van der Waals surface area contributed by atoms with Gasteiger partial charge in [0.15, 0.2) is 0 Å². The van der Waals surface area contributed by atoms with Crippen LogP contribution in [0, 0.1) is 0 Å². The predicted molar refractivity (Wildman–Crippen MR) is 127 cm³/mol. The maximum Gasteiger partial charge on any atom is 0.377 e. The number of rotatable bonds is 6. The summed E-state index contributed by atoms with van der Waals surface area (Å²) in [5.74, 6) is -0.366. The second-order valence-electron chi connectivity index (χ2n) is 7.61. The maximum absolute atomic E-state index is 12.9. The summed E-state index contributed by atoms with van der Waals surface area (Å²) in [6, 6.07) is 29.8. The third kappa shape index (κ3) is 4.91. The van der Waals surface area contributed by atoms with E-state index in [4.69, 9.17) is 14.3 Å². The van der Waals surface area contributed by atoms with Gasteiger partial charge >= 0.3 is 5.97 Å². The molecule has 33 heavy (non-hydrogen) atoms. The summed E-state index contributed by atoms with van der Waals surface area (Å²) in [7, 11) is 0. The summed E-state index contributed by atoms with van der Waals surface area (Å²) >= 11 is 0. The molecule has 0 N–H and O–H groups in total. The summed E-state index contributed by atoms with van der Waals surface area (Å²) in [6.07, 6.45) is 0. The minimum Gasteiger partial charge on any atom is -0.460 e. The Hall–Kier alpha value is -3.64. The normalized spacial score (nSPS) is 14.6. The number of carbonyl (C=O) groups is 1. The van der Waals surface area contributed by atoms with Crippen molar-refractivity contribution in [1.82, 2.24) is 4.90 Å². The summed E-state index contributed by atoms with van der Waals surface area (Å²) in [4.78, 5) is 21.2. The minimum atomic E-state index is -1.06. The molecule has 0 amide bonds. The Labute approximate surface area is 194 Å². The van der Waals surface area contributed by atoms with Gasteiger partial charge in [-0.05, 0) is 6.92 Å². The molecule has 0 aromatic heterocycles. The third-order valence-electron chi connectivity index (χ3n) is 5.58. The average Bonchev–Trinajstić information content (AvgIpc) is 2.89. The smallest absolute Gasteiger partial charge is 0.377 e. The Balaban J connectivity index is 1.87. The molecule has 6 heteroatoms. The van der Waals surface area contributed by atoms with Gasteiger partial charge in [0.05, 0.1) is 19.8 Å². The Morgan fingerprint density at radius 2 is 1.30 bits per heavy atom. The quantitative estimate of drug-likeness (QED) is 0.187. The number of hydrogen-bond donors (Lipinski definition) is 0. The molecule has 0 saturated carbocycles. The summed E-state index contributed by atoms with van der Waals surface area (Å²) in [5.41, 5.74) is 1.64. The molecule has 0 atom stereocenters. The first kappa shape index (κ1) is 22.6. The van der Waals surface area contributed by atoms with E-state index in [0.29, 0.717) is 26.3 Å². The summed E-state index contributed by atoms with van der Waals surface area (Å²) in [6.45, 7) is 4.13. The van der Waals surface area contributed by atoms with E-state index in [1.54, 1.807) is 6.92 Å². The standard InChI is InChI=1S/C27H28N2O4/c1-2-32-26(30)25(29-18-20-31-21-19-29)28-33-27(22-12-6-3-7-13-22,23-14-8-4-9-15-23)24-16-10-5-11-17-24/h3-17H,2,18-21H2,1H3. The van der Waals surface area contributed by atoms with Gasteiger partial charge in [0.1, 0.15) is 0 Å². The van der Waals surface area contributed by atoms with Crippen molar-refractivity contribution < 1.29 is 19.1 Å². The van der Waals surface area contributed by atoms with Crippen LogP contribution in [0.25, 0.3) is 0 Å². The molecule has 1 heterocycles. The molecule has 4 rings (SSSR count). The number of oxime groups is 1. The predicted octanol–water partition coefficient (Wildman–Crippen LogP) is 4.20. The zero-order valence-corrected chi connectivity index (χ0v) is 18.7.